The molecule has 0 unspecified atom stereocenters. The molecule has 0 spiro atoms. The summed E-state index contributed by atoms with van der Waals surface area (Å²) in [6.45, 7) is 10.1. The molecule has 0 heterocycles. The van der Waals surface area contributed by atoms with Gasteiger partial charge in [0.15, 0.2) is 0 Å². The zero-order valence-corrected chi connectivity index (χ0v) is 13.5. The summed E-state index contributed by atoms with van der Waals surface area (Å²) in [6, 6.07) is 4.52. The lowest BCUT2D eigenvalue weighted by molar-refractivity contribution is 1.11. The van der Waals surface area contributed by atoms with E-state index in [2.05, 4.69) is 67.5 Å². The molecule has 0 saturated carbocycles. The topological polar surface area (TPSA) is 0 Å². The van der Waals surface area contributed by atoms with Crippen LogP contribution in [0.1, 0.15) is 23.6 Å². The molecule has 1 aromatic carbocycles. The molecule has 0 aromatic heterocycles. The van der Waals surface area contributed by atoms with Gasteiger partial charge in [-0.2, -0.15) is 0 Å². The molecular formula is C14H16BIS. The molecule has 1 rings (SSSR count). The summed E-state index contributed by atoms with van der Waals surface area (Å²) in [7, 11) is 5.53. The number of allylic oxidation sites excluding steroid dienone is 1. The summed E-state index contributed by atoms with van der Waals surface area (Å²) >= 11 is 3.87. The van der Waals surface area contributed by atoms with Crippen LogP contribution in [-0.2, 0) is 6.42 Å². The Labute approximate surface area is 124 Å². The Kier molecular flexibility index (Phi) is 5.87. The van der Waals surface area contributed by atoms with Crippen molar-refractivity contribution in [2.75, 3.05) is 0 Å². The van der Waals surface area contributed by atoms with E-state index < -0.39 is 0 Å². The van der Waals surface area contributed by atoms with Crippen LogP contribution in [-0.4, -0.2) is 7.85 Å². The average Bonchev–Trinajstić information content (AvgIpc) is 2.23. The highest BCUT2D eigenvalue weighted by Gasteiger charge is 2.03. The van der Waals surface area contributed by atoms with Gasteiger partial charge in [0.25, 0.3) is 0 Å². The van der Waals surface area contributed by atoms with E-state index in [-0.39, 0.29) is 0 Å². The lowest BCUT2D eigenvalue weighted by Crippen LogP contribution is -1.94. The maximum Gasteiger partial charge on any atom is 0.123 e. The summed E-state index contributed by atoms with van der Waals surface area (Å²) in [5.74, 6) is 0. The van der Waals surface area contributed by atoms with Gasteiger partial charge in [0.1, 0.15) is 7.85 Å². The van der Waals surface area contributed by atoms with Crippen LogP contribution >= 0.6 is 34.4 Å². The molecule has 0 amide bonds. The van der Waals surface area contributed by atoms with Crippen molar-refractivity contribution in [3.8, 4) is 0 Å². The monoisotopic (exact) mass is 354 g/mol. The second-order valence-electron chi connectivity index (χ2n) is 4.25. The minimum absolute atomic E-state index is 0.639. The Hall–Kier alpha value is -0.155. The van der Waals surface area contributed by atoms with Crippen LogP contribution in [0.15, 0.2) is 34.5 Å². The van der Waals surface area contributed by atoms with E-state index in [4.69, 9.17) is 7.85 Å². The first-order valence-electron chi connectivity index (χ1n) is 5.42. The number of halogens is 1. The lowest BCUT2D eigenvalue weighted by atomic mass is 10.00. The van der Waals surface area contributed by atoms with Gasteiger partial charge in [0.2, 0.25) is 0 Å². The molecule has 0 aliphatic carbocycles. The molecule has 0 saturated heterocycles. The molecule has 0 aliphatic heterocycles. The van der Waals surface area contributed by atoms with Gasteiger partial charge >= 0.3 is 0 Å². The Bertz CT molecular complexity index is 464. The highest BCUT2D eigenvalue weighted by Crippen LogP contribution is 2.22. The summed E-state index contributed by atoms with van der Waals surface area (Å²) < 4.78 is 1.33. The molecule has 0 nitrogen and oxygen atoms in total. The van der Waals surface area contributed by atoms with E-state index in [1.54, 1.807) is 0 Å². The van der Waals surface area contributed by atoms with Crippen molar-refractivity contribution in [2.24, 2.45) is 0 Å². The van der Waals surface area contributed by atoms with E-state index >= 15 is 0 Å². The van der Waals surface area contributed by atoms with Crippen LogP contribution in [0.4, 0.5) is 0 Å². The minimum Gasteiger partial charge on any atom is -0.115 e. The SMILES string of the molecule is [B]C(=C)S/C=C(\C)Cc1cc(C)c(I)cc1C. The molecule has 0 atom stereocenters. The number of hydrogen-bond acceptors (Lipinski definition) is 1. The molecule has 0 fully saturated rings. The van der Waals surface area contributed by atoms with Crippen LogP contribution in [0.5, 0.6) is 0 Å². The number of aryl methyl sites for hydroxylation is 2. The van der Waals surface area contributed by atoms with Gasteiger partial charge in [-0.25, -0.2) is 0 Å². The highest BCUT2D eigenvalue weighted by molar-refractivity contribution is 14.1. The van der Waals surface area contributed by atoms with Gasteiger partial charge in [0.05, 0.1) is 0 Å². The van der Waals surface area contributed by atoms with Crippen LogP contribution < -0.4 is 0 Å². The third kappa shape index (κ3) is 4.92. The fraction of sp³-hybridized carbons (Fsp3) is 0.286. The Morgan fingerprint density at radius 2 is 2.06 bits per heavy atom. The second-order valence-corrected chi connectivity index (χ2v) is 6.41. The Morgan fingerprint density at radius 3 is 2.65 bits per heavy atom. The molecule has 3 heteroatoms. The predicted molar refractivity (Wildman–Crippen MR) is 88.6 cm³/mol. The molecule has 17 heavy (non-hydrogen) atoms. The first-order valence-corrected chi connectivity index (χ1v) is 7.38. The van der Waals surface area contributed by atoms with Crippen molar-refractivity contribution in [1.82, 2.24) is 0 Å². The van der Waals surface area contributed by atoms with Gasteiger partial charge in [-0.05, 0) is 77.9 Å². The van der Waals surface area contributed by atoms with Crippen LogP contribution in [0.25, 0.3) is 0 Å². The summed E-state index contributed by atoms with van der Waals surface area (Å²) in [5, 5.41) is 2.08. The first-order chi connectivity index (χ1) is 7.90. The van der Waals surface area contributed by atoms with E-state index in [1.807, 2.05) is 0 Å². The van der Waals surface area contributed by atoms with Gasteiger partial charge in [-0.3, -0.25) is 0 Å². The fourth-order valence-corrected chi connectivity index (χ4v) is 2.61. The van der Waals surface area contributed by atoms with Crippen LogP contribution in [0.2, 0.25) is 0 Å². The standard InChI is InChI=1S/C14H16BIS/c1-9(8-17-12(4)15)5-13-6-11(3)14(16)7-10(13)2/h6-8H,4-5H2,1-3H3/b9-8+. The maximum atomic E-state index is 5.53. The molecular weight excluding hydrogens is 338 g/mol. The maximum absolute atomic E-state index is 5.53. The van der Waals surface area contributed by atoms with Crippen LogP contribution in [0.3, 0.4) is 0 Å². The molecule has 0 aliphatic rings. The quantitative estimate of drug-likeness (QED) is 0.557. The number of rotatable bonds is 4. The highest BCUT2D eigenvalue weighted by atomic mass is 127. The van der Waals surface area contributed by atoms with Gasteiger partial charge < -0.3 is 0 Å². The van der Waals surface area contributed by atoms with E-state index in [1.165, 1.54) is 37.6 Å². The van der Waals surface area contributed by atoms with E-state index in [0.717, 1.165) is 6.42 Å². The summed E-state index contributed by atoms with van der Waals surface area (Å²) in [6.07, 6.45) is 0.976. The number of benzene rings is 1. The summed E-state index contributed by atoms with van der Waals surface area (Å²) in [4.78, 5) is 0.639. The molecule has 0 N–H and O–H groups in total. The van der Waals surface area contributed by atoms with Crippen LogP contribution in [0, 0.1) is 17.4 Å². The van der Waals surface area contributed by atoms with Gasteiger partial charge in [-0.1, -0.05) is 23.0 Å². The normalized spacial score (nSPS) is 11.6. The molecule has 1 aromatic rings. The number of hydrogen-bond donors (Lipinski definition) is 0. The Morgan fingerprint density at radius 1 is 1.41 bits per heavy atom. The van der Waals surface area contributed by atoms with E-state index in [9.17, 15) is 0 Å². The molecule has 0 bridgehead atoms. The van der Waals surface area contributed by atoms with E-state index in [0.29, 0.717) is 4.80 Å². The largest absolute Gasteiger partial charge is 0.123 e. The van der Waals surface area contributed by atoms with Crippen molar-refractivity contribution in [3.05, 3.63) is 54.8 Å². The fourth-order valence-electron chi connectivity index (χ4n) is 1.55. The summed E-state index contributed by atoms with van der Waals surface area (Å²) in [5.41, 5.74) is 5.39. The molecule has 88 valence electrons. The second kappa shape index (κ2) is 6.69. The third-order valence-corrected chi connectivity index (χ3v) is 4.48. The van der Waals surface area contributed by atoms with Gasteiger partial charge in [-0.15, -0.1) is 11.8 Å². The number of thioether (sulfide) groups is 1. The smallest absolute Gasteiger partial charge is 0.115 e. The zero-order valence-electron chi connectivity index (χ0n) is 10.5. The van der Waals surface area contributed by atoms with Crippen molar-refractivity contribution in [1.29, 1.82) is 0 Å². The predicted octanol–water partition coefficient (Wildman–Crippen LogP) is 4.73. The average molecular weight is 354 g/mol. The van der Waals surface area contributed by atoms with Gasteiger partial charge in [0, 0.05) is 3.57 Å². The minimum atomic E-state index is 0.639. The lowest BCUT2D eigenvalue weighted by Gasteiger charge is -2.09. The molecule has 2 radical (unpaired) electrons. The third-order valence-electron chi connectivity index (χ3n) is 2.50. The van der Waals surface area contributed by atoms with Crippen molar-refractivity contribution < 1.29 is 0 Å². The van der Waals surface area contributed by atoms with Crippen molar-refractivity contribution in [2.45, 2.75) is 27.2 Å². The zero-order chi connectivity index (χ0) is 13.0. The Balaban J connectivity index is 2.85. The van der Waals surface area contributed by atoms with Crippen molar-refractivity contribution >= 4 is 42.2 Å². The first kappa shape index (κ1) is 14.9. The van der Waals surface area contributed by atoms with Crippen molar-refractivity contribution in [3.63, 3.8) is 0 Å².